The van der Waals surface area contributed by atoms with Crippen LogP contribution in [0, 0.1) is 6.92 Å². The SMILES string of the molecule is Cc1cc2oc(=O)cc(C[n+]3cccc(-c4ccccc4)c3)c2cc1Cl. The molecule has 0 amide bonds. The highest BCUT2D eigenvalue weighted by Gasteiger charge is 2.13. The summed E-state index contributed by atoms with van der Waals surface area (Å²) in [4.78, 5) is 12.0. The van der Waals surface area contributed by atoms with Gasteiger partial charge < -0.3 is 4.42 Å². The van der Waals surface area contributed by atoms with Gasteiger partial charge in [-0.1, -0.05) is 41.9 Å². The largest absolute Gasteiger partial charge is 0.423 e. The average molecular weight is 363 g/mol. The van der Waals surface area contributed by atoms with Crippen molar-refractivity contribution >= 4 is 22.6 Å². The van der Waals surface area contributed by atoms with Crippen LogP contribution in [0.1, 0.15) is 11.1 Å². The monoisotopic (exact) mass is 362 g/mol. The van der Waals surface area contributed by atoms with Crippen LogP contribution in [-0.4, -0.2) is 0 Å². The molecule has 0 atom stereocenters. The van der Waals surface area contributed by atoms with Crippen molar-refractivity contribution in [2.24, 2.45) is 0 Å². The van der Waals surface area contributed by atoms with Crippen molar-refractivity contribution in [2.75, 3.05) is 0 Å². The van der Waals surface area contributed by atoms with E-state index in [4.69, 9.17) is 16.0 Å². The Kier molecular flexibility index (Phi) is 4.31. The lowest BCUT2D eigenvalue weighted by Crippen LogP contribution is -2.33. The van der Waals surface area contributed by atoms with E-state index in [0.29, 0.717) is 17.2 Å². The molecule has 0 N–H and O–H groups in total. The molecule has 0 aliphatic carbocycles. The quantitative estimate of drug-likeness (QED) is 0.389. The molecule has 0 saturated heterocycles. The number of nitrogens with zero attached hydrogens (tertiary/aromatic N) is 1. The highest BCUT2D eigenvalue weighted by atomic mass is 35.5. The molecule has 2 aromatic heterocycles. The topological polar surface area (TPSA) is 34.1 Å². The number of hydrogen-bond donors (Lipinski definition) is 0. The molecular formula is C22H17ClNO2+. The zero-order valence-corrected chi connectivity index (χ0v) is 15.0. The first kappa shape index (κ1) is 16.6. The molecule has 0 saturated carbocycles. The second kappa shape index (κ2) is 6.77. The van der Waals surface area contributed by atoms with E-state index in [0.717, 1.165) is 27.6 Å². The summed E-state index contributed by atoms with van der Waals surface area (Å²) in [5.74, 6) is 0. The fourth-order valence-corrected chi connectivity index (χ4v) is 3.26. The van der Waals surface area contributed by atoms with Crippen molar-refractivity contribution in [3.05, 3.63) is 99.6 Å². The van der Waals surface area contributed by atoms with Gasteiger partial charge in [-0.2, -0.15) is 0 Å². The molecule has 0 radical (unpaired) electrons. The van der Waals surface area contributed by atoms with Gasteiger partial charge in [0.05, 0.1) is 0 Å². The lowest BCUT2D eigenvalue weighted by atomic mass is 10.1. The first-order chi connectivity index (χ1) is 12.6. The Morgan fingerprint density at radius 1 is 1.00 bits per heavy atom. The molecule has 0 spiro atoms. The molecule has 0 bridgehead atoms. The lowest BCUT2D eigenvalue weighted by Gasteiger charge is -2.06. The minimum atomic E-state index is -0.353. The van der Waals surface area contributed by atoms with Crippen LogP contribution in [0.2, 0.25) is 5.02 Å². The number of pyridine rings is 1. The van der Waals surface area contributed by atoms with Gasteiger partial charge in [0.1, 0.15) is 5.58 Å². The summed E-state index contributed by atoms with van der Waals surface area (Å²) in [6.45, 7) is 2.45. The normalized spacial score (nSPS) is 11.0. The fraction of sp³-hybridized carbons (Fsp3) is 0.0909. The predicted octanol–water partition coefficient (Wildman–Crippen LogP) is 4.76. The number of halogens is 1. The van der Waals surface area contributed by atoms with Crippen LogP contribution in [0.5, 0.6) is 0 Å². The number of rotatable bonds is 3. The molecular weight excluding hydrogens is 346 g/mol. The maximum Gasteiger partial charge on any atom is 0.336 e. The Hall–Kier alpha value is -2.91. The van der Waals surface area contributed by atoms with Crippen molar-refractivity contribution in [1.82, 2.24) is 0 Å². The number of aromatic nitrogens is 1. The van der Waals surface area contributed by atoms with E-state index in [1.165, 1.54) is 6.07 Å². The van der Waals surface area contributed by atoms with Crippen LogP contribution in [0.3, 0.4) is 0 Å². The van der Waals surface area contributed by atoms with E-state index in [1.54, 1.807) is 0 Å². The van der Waals surface area contributed by atoms with Gasteiger partial charge in [-0.05, 0) is 36.2 Å². The summed E-state index contributed by atoms with van der Waals surface area (Å²) in [5.41, 5.74) is 4.25. The molecule has 0 unspecified atom stereocenters. The molecule has 3 nitrogen and oxygen atoms in total. The number of fused-ring (bicyclic) bond motifs is 1. The summed E-state index contributed by atoms with van der Waals surface area (Å²) in [6.07, 6.45) is 4.06. The zero-order chi connectivity index (χ0) is 18.1. The first-order valence-corrected chi connectivity index (χ1v) is 8.75. The molecule has 4 aromatic rings. The van der Waals surface area contributed by atoms with Gasteiger partial charge in [-0.3, -0.25) is 0 Å². The first-order valence-electron chi connectivity index (χ1n) is 8.37. The zero-order valence-electron chi connectivity index (χ0n) is 14.3. The summed E-state index contributed by atoms with van der Waals surface area (Å²) in [5, 5.41) is 1.52. The van der Waals surface area contributed by atoms with Crippen molar-refractivity contribution in [2.45, 2.75) is 13.5 Å². The number of hydrogen-bond acceptors (Lipinski definition) is 2. The van der Waals surface area contributed by atoms with E-state index >= 15 is 0 Å². The lowest BCUT2D eigenvalue weighted by molar-refractivity contribution is -0.687. The van der Waals surface area contributed by atoms with E-state index < -0.39 is 0 Å². The maximum absolute atomic E-state index is 12.0. The van der Waals surface area contributed by atoms with Crippen molar-refractivity contribution in [3.8, 4) is 11.1 Å². The Bertz CT molecular complexity index is 1150. The third-order valence-electron chi connectivity index (χ3n) is 4.43. The molecule has 0 aliphatic rings. The number of benzene rings is 2. The van der Waals surface area contributed by atoms with E-state index in [-0.39, 0.29) is 5.63 Å². The van der Waals surface area contributed by atoms with E-state index in [1.807, 2.05) is 49.5 Å². The van der Waals surface area contributed by atoms with Crippen LogP contribution < -0.4 is 10.2 Å². The minimum absolute atomic E-state index is 0.353. The highest BCUT2D eigenvalue weighted by Crippen LogP contribution is 2.25. The van der Waals surface area contributed by atoms with Gasteiger partial charge in [0.25, 0.3) is 0 Å². The van der Waals surface area contributed by atoms with Gasteiger partial charge >= 0.3 is 5.63 Å². The van der Waals surface area contributed by atoms with Crippen LogP contribution in [-0.2, 0) is 6.54 Å². The molecule has 0 fully saturated rings. The summed E-state index contributed by atoms with van der Waals surface area (Å²) in [7, 11) is 0. The van der Waals surface area contributed by atoms with Crippen LogP contribution in [0.15, 0.2) is 82.3 Å². The van der Waals surface area contributed by atoms with Crippen molar-refractivity contribution in [1.29, 1.82) is 0 Å². The predicted molar refractivity (Wildman–Crippen MR) is 103 cm³/mol. The molecule has 4 heteroatoms. The Morgan fingerprint density at radius 2 is 1.77 bits per heavy atom. The molecule has 4 rings (SSSR count). The summed E-state index contributed by atoms with van der Waals surface area (Å²) >= 11 is 6.28. The van der Waals surface area contributed by atoms with Gasteiger partial charge in [-0.25, -0.2) is 9.36 Å². The van der Waals surface area contributed by atoms with Crippen molar-refractivity contribution < 1.29 is 8.98 Å². The number of aryl methyl sites for hydroxylation is 1. The Morgan fingerprint density at radius 3 is 2.58 bits per heavy atom. The highest BCUT2D eigenvalue weighted by molar-refractivity contribution is 6.32. The standard InChI is InChI=1S/C22H17ClNO2/c1-15-10-21-19(12-20(15)23)18(11-22(25)26-21)14-24-9-5-8-17(13-24)16-6-3-2-4-7-16/h2-13H,14H2,1H3/q+1. The second-order valence-corrected chi connectivity index (χ2v) is 6.73. The molecule has 2 aromatic carbocycles. The van der Waals surface area contributed by atoms with E-state index in [2.05, 4.69) is 29.0 Å². The minimum Gasteiger partial charge on any atom is -0.423 e. The Labute approximate surface area is 156 Å². The Balaban J connectivity index is 1.78. The molecule has 0 aliphatic heterocycles. The van der Waals surface area contributed by atoms with E-state index in [9.17, 15) is 4.79 Å². The third-order valence-corrected chi connectivity index (χ3v) is 4.83. The average Bonchev–Trinajstić information content (AvgIpc) is 2.64. The van der Waals surface area contributed by atoms with Crippen LogP contribution in [0.4, 0.5) is 0 Å². The molecule has 26 heavy (non-hydrogen) atoms. The molecule has 2 heterocycles. The molecule has 128 valence electrons. The fourth-order valence-electron chi connectivity index (χ4n) is 3.10. The maximum atomic E-state index is 12.0. The van der Waals surface area contributed by atoms with Crippen LogP contribution in [0.25, 0.3) is 22.1 Å². The summed E-state index contributed by atoms with van der Waals surface area (Å²) < 4.78 is 7.41. The smallest absolute Gasteiger partial charge is 0.336 e. The second-order valence-electron chi connectivity index (χ2n) is 6.32. The van der Waals surface area contributed by atoms with Gasteiger partial charge in [0.15, 0.2) is 18.9 Å². The van der Waals surface area contributed by atoms with Crippen molar-refractivity contribution in [3.63, 3.8) is 0 Å². The van der Waals surface area contributed by atoms with Gasteiger partial charge in [-0.15, -0.1) is 0 Å². The van der Waals surface area contributed by atoms with Gasteiger partial charge in [0.2, 0.25) is 0 Å². The van der Waals surface area contributed by atoms with Gasteiger partial charge in [0, 0.05) is 33.7 Å². The third kappa shape index (κ3) is 3.26. The van der Waals surface area contributed by atoms with Crippen LogP contribution >= 0.6 is 11.6 Å². The summed E-state index contributed by atoms with van der Waals surface area (Å²) in [6, 6.07) is 19.5.